The molecule has 2 saturated carbocycles. The van der Waals surface area contributed by atoms with Gasteiger partial charge in [0.15, 0.2) is 0 Å². The predicted molar refractivity (Wildman–Crippen MR) is 74.3 cm³/mol. The summed E-state index contributed by atoms with van der Waals surface area (Å²) >= 11 is 0. The van der Waals surface area contributed by atoms with Crippen molar-refractivity contribution in [3.8, 4) is 0 Å². The van der Waals surface area contributed by atoms with Gasteiger partial charge in [-0.1, -0.05) is 13.3 Å². The van der Waals surface area contributed by atoms with E-state index < -0.39 is 12.0 Å². The molecule has 5 heteroatoms. The number of carbonyl (C=O) groups excluding carboxylic acids is 1. The van der Waals surface area contributed by atoms with Gasteiger partial charge >= 0.3 is 12.0 Å². The summed E-state index contributed by atoms with van der Waals surface area (Å²) in [5.74, 6) is 0.903. The van der Waals surface area contributed by atoms with E-state index in [1.54, 1.807) is 0 Å². The Hall–Kier alpha value is -1.26. The van der Waals surface area contributed by atoms with E-state index in [-0.39, 0.29) is 12.1 Å². The Kier molecular flexibility index (Phi) is 3.61. The normalized spacial score (nSPS) is 39.9. The topological polar surface area (TPSA) is 69.6 Å². The molecule has 5 atom stereocenters. The zero-order chi connectivity index (χ0) is 14.3. The molecule has 0 radical (unpaired) electrons. The zero-order valence-corrected chi connectivity index (χ0v) is 12.0. The minimum Gasteiger partial charge on any atom is -0.480 e. The summed E-state index contributed by atoms with van der Waals surface area (Å²) in [6, 6.07) is -0.547. The van der Waals surface area contributed by atoms with Crippen molar-refractivity contribution in [2.45, 2.75) is 57.5 Å². The molecule has 3 fully saturated rings. The lowest BCUT2D eigenvalue weighted by molar-refractivity contribution is -0.143. The molecule has 2 amide bonds. The predicted octanol–water partition coefficient (Wildman–Crippen LogP) is 2.07. The molecule has 1 heterocycles. The van der Waals surface area contributed by atoms with Crippen LogP contribution < -0.4 is 5.32 Å². The number of hydrogen-bond acceptors (Lipinski definition) is 2. The quantitative estimate of drug-likeness (QED) is 0.813. The van der Waals surface area contributed by atoms with Gasteiger partial charge in [0.05, 0.1) is 0 Å². The lowest BCUT2D eigenvalue weighted by Gasteiger charge is -2.37. The van der Waals surface area contributed by atoms with Gasteiger partial charge in [-0.25, -0.2) is 9.59 Å². The lowest BCUT2D eigenvalue weighted by Crippen LogP contribution is -2.55. The first-order valence-corrected chi connectivity index (χ1v) is 7.84. The number of carbonyl (C=O) groups is 2. The van der Waals surface area contributed by atoms with Gasteiger partial charge in [0.2, 0.25) is 0 Å². The molecule has 3 rings (SSSR count). The van der Waals surface area contributed by atoms with Gasteiger partial charge in [-0.15, -0.1) is 0 Å². The van der Waals surface area contributed by atoms with Crippen LogP contribution in [0.1, 0.15) is 45.4 Å². The number of carboxylic acids is 1. The zero-order valence-electron chi connectivity index (χ0n) is 12.0. The van der Waals surface area contributed by atoms with E-state index in [9.17, 15) is 14.7 Å². The third-order valence-corrected chi connectivity index (χ3v) is 5.46. The fraction of sp³-hybridized carbons (Fsp3) is 0.867. The van der Waals surface area contributed by atoms with E-state index in [2.05, 4.69) is 12.2 Å². The van der Waals surface area contributed by atoms with E-state index in [1.165, 1.54) is 24.2 Å². The van der Waals surface area contributed by atoms with Crippen LogP contribution in [0.15, 0.2) is 0 Å². The summed E-state index contributed by atoms with van der Waals surface area (Å²) in [5, 5.41) is 12.4. The lowest BCUT2D eigenvalue weighted by atomic mass is 9.92. The van der Waals surface area contributed by atoms with Crippen LogP contribution in [0.4, 0.5) is 4.79 Å². The summed E-state index contributed by atoms with van der Waals surface area (Å²) in [4.78, 5) is 25.3. The third-order valence-electron chi connectivity index (χ3n) is 5.46. The molecular formula is C15H24N2O3. The number of likely N-dealkylation sites (tertiary alicyclic amines) is 1. The molecule has 2 aliphatic carbocycles. The Bertz CT molecular complexity index is 412. The Labute approximate surface area is 119 Å². The molecule has 0 aromatic heterocycles. The van der Waals surface area contributed by atoms with E-state index in [0.717, 1.165) is 18.8 Å². The molecule has 0 spiro atoms. The third kappa shape index (κ3) is 2.50. The van der Waals surface area contributed by atoms with Crippen molar-refractivity contribution >= 4 is 12.0 Å². The molecule has 1 aliphatic heterocycles. The Morgan fingerprint density at radius 1 is 1.15 bits per heavy atom. The van der Waals surface area contributed by atoms with Crippen molar-refractivity contribution in [2.75, 3.05) is 6.54 Å². The van der Waals surface area contributed by atoms with Crippen molar-refractivity contribution in [1.29, 1.82) is 0 Å². The SMILES string of the molecule is CC1CCN(C(=O)NC2CC3CCC2C3)C(C(=O)O)C1. The molecule has 2 bridgehead atoms. The maximum absolute atomic E-state index is 12.4. The van der Waals surface area contributed by atoms with E-state index in [1.807, 2.05) is 0 Å². The first-order chi connectivity index (χ1) is 9.54. The van der Waals surface area contributed by atoms with Crippen LogP contribution in [0.5, 0.6) is 0 Å². The molecule has 0 aromatic rings. The highest BCUT2D eigenvalue weighted by molar-refractivity contribution is 5.83. The highest BCUT2D eigenvalue weighted by Gasteiger charge is 2.42. The molecule has 5 unspecified atom stereocenters. The average molecular weight is 280 g/mol. The van der Waals surface area contributed by atoms with Gasteiger partial charge in [0.25, 0.3) is 0 Å². The Balaban J connectivity index is 1.62. The second-order valence-corrected chi connectivity index (χ2v) is 6.91. The van der Waals surface area contributed by atoms with Crippen molar-refractivity contribution in [2.24, 2.45) is 17.8 Å². The van der Waals surface area contributed by atoms with Crippen molar-refractivity contribution in [3.63, 3.8) is 0 Å². The van der Waals surface area contributed by atoms with E-state index in [0.29, 0.717) is 24.8 Å². The molecule has 2 N–H and O–H groups in total. The van der Waals surface area contributed by atoms with Gasteiger partial charge in [-0.05, 0) is 49.9 Å². The number of aliphatic carboxylic acids is 1. The number of carboxylic acid groups (broad SMARTS) is 1. The minimum absolute atomic E-state index is 0.165. The minimum atomic E-state index is -0.875. The second-order valence-electron chi connectivity index (χ2n) is 6.91. The molecular weight excluding hydrogens is 256 g/mol. The number of nitrogens with one attached hydrogen (secondary N) is 1. The maximum Gasteiger partial charge on any atom is 0.326 e. The number of amides is 2. The molecule has 3 aliphatic rings. The van der Waals surface area contributed by atoms with E-state index in [4.69, 9.17) is 0 Å². The maximum atomic E-state index is 12.4. The number of nitrogens with zero attached hydrogens (tertiary/aromatic N) is 1. The number of hydrogen-bond donors (Lipinski definition) is 2. The van der Waals surface area contributed by atoms with Gasteiger partial charge < -0.3 is 15.3 Å². The summed E-state index contributed by atoms with van der Waals surface area (Å²) in [6.07, 6.45) is 6.31. The summed E-state index contributed by atoms with van der Waals surface area (Å²) in [7, 11) is 0. The van der Waals surface area contributed by atoms with Crippen LogP contribution in [0.2, 0.25) is 0 Å². The standard InChI is InChI=1S/C15H24N2O3/c1-9-4-5-17(13(6-9)14(18)19)15(20)16-12-8-10-2-3-11(12)7-10/h9-13H,2-8H2,1H3,(H,16,20)(H,18,19). The average Bonchev–Trinajstić information content (AvgIpc) is 3.00. The monoisotopic (exact) mass is 280 g/mol. The number of piperidine rings is 1. The van der Waals surface area contributed by atoms with Gasteiger partial charge in [-0.2, -0.15) is 0 Å². The van der Waals surface area contributed by atoms with E-state index >= 15 is 0 Å². The highest BCUT2D eigenvalue weighted by atomic mass is 16.4. The highest BCUT2D eigenvalue weighted by Crippen LogP contribution is 2.44. The first kappa shape index (κ1) is 13.7. The van der Waals surface area contributed by atoms with Crippen LogP contribution in [0, 0.1) is 17.8 Å². The largest absolute Gasteiger partial charge is 0.480 e. The van der Waals surface area contributed by atoms with Crippen molar-refractivity contribution in [3.05, 3.63) is 0 Å². The van der Waals surface area contributed by atoms with Crippen LogP contribution in [0.3, 0.4) is 0 Å². The molecule has 1 saturated heterocycles. The number of urea groups is 1. The van der Waals surface area contributed by atoms with Crippen molar-refractivity contribution in [1.82, 2.24) is 10.2 Å². The fourth-order valence-electron chi connectivity index (χ4n) is 4.28. The molecule has 0 aromatic carbocycles. The summed E-state index contributed by atoms with van der Waals surface area (Å²) < 4.78 is 0. The van der Waals surface area contributed by atoms with Gasteiger partial charge in [-0.3, -0.25) is 0 Å². The Morgan fingerprint density at radius 2 is 1.95 bits per heavy atom. The molecule has 20 heavy (non-hydrogen) atoms. The fourth-order valence-corrected chi connectivity index (χ4v) is 4.28. The van der Waals surface area contributed by atoms with Crippen molar-refractivity contribution < 1.29 is 14.7 Å². The summed E-state index contributed by atoms with van der Waals surface area (Å²) in [5.41, 5.74) is 0. The van der Waals surface area contributed by atoms with Crippen LogP contribution in [-0.4, -0.2) is 40.6 Å². The van der Waals surface area contributed by atoms with Gasteiger partial charge in [0, 0.05) is 12.6 Å². The number of fused-ring (bicyclic) bond motifs is 2. The summed E-state index contributed by atoms with van der Waals surface area (Å²) in [6.45, 7) is 2.62. The number of rotatable bonds is 2. The Morgan fingerprint density at radius 3 is 2.55 bits per heavy atom. The smallest absolute Gasteiger partial charge is 0.326 e. The second kappa shape index (κ2) is 5.26. The van der Waals surface area contributed by atoms with Gasteiger partial charge in [0.1, 0.15) is 6.04 Å². The van der Waals surface area contributed by atoms with Crippen LogP contribution in [-0.2, 0) is 4.79 Å². The van der Waals surface area contributed by atoms with Crippen LogP contribution >= 0.6 is 0 Å². The van der Waals surface area contributed by atoms with Crippen LogP contribution in [0.25, 0.3) is 0 Å². The molecule has 112 valence electrons. The first-order valence-electron chi connectivity index (χ1n) is 7.84. The molecule has 5 nitrogen and oxygen atoms in total.